The van der Waals surface area contributed by atoms with E-state index in [-0.39, 0.29) is 44.0 Å². The van der Waals surface area contributed by atoms with Crippen molar-refractivity contribution in [3.8, 4) is 11.4 Å². The van der Waals surface area contributed by atoms with Gasteiger partial charge in [0.2, 0.25) is 0 Å². The van der Waals surface area contributed by atoms with E-state index in [4.69, 9.17) is 0 Å². The monoisotopic (exact) mass is 484 g/mol. The van der Waals surface area contributed by atoms with Crippen LogP contribution in [0.15, 0.2) is 67.7 Å². The van der Waals surface area contributed by atoms with Gasteiger partial charge in [-0.3, -0.25) is 19.2 Å². The van der Waals surface area contributed by atoms with E-state index in [1.165, 1.54) is 24.3 Å². The smallest absolute Gasteiger partial charge is 0.337 e. The number of carboxylic acids is 2. The Bertz CT molecular complexity index is 1780. The van der Waals surface area contributed by atoms with Crippen LogP contribution in [0.25, 0.3) is 32.9 Å². The molecule has 3 aromatic carbocycles. The first-order valence-electron chi connectivity index (χ1n) is 10.7. The van der Waals surface area contributed by atoms with Crippen LogP contribution in [0.4, 0.5) is 0 Å². The van der Waals surface area contributed by atoms with Crippen LogP contribution in [0.1, 0.15) is 31.8 Å². The number of para-hydroxylation sites is 2. The minimum atomic E-state index is -1.33. The zero-order valence-corrected chi connectivity index (χ0v) is 18.9. The predicted octanol–water partition coefficient (Wildman–Crippen LogP) is 1.90. The van der Waals surface area contributed by atoms with Gasteiger partial charge < -0.3 is 10.2 Å². The molecule has 0 spiro atoms. The lowest BCUT2D eigenvalue weighted by molar-refractivity contribution is 0.0686. The molecule has 0 saturated heterocycles. The molecule has 2 N–H and O–H groups in total. The highest BCUT2D eigenvalue weighted by Crippen LogP contribution is 2.23. The quantitative estimate of drug-likeness (QED) is 0.392. The standard InChI is InChI=1S/C26H16N2O8/c1-11-5-3-7-13(25(33)34)19(11)27-21(29)15-9-17-18(10-16(15)22(27)30)24(32)28(23(17)31)20-12(2)6-4-8-14(20)26(35)36/h3-10H,1-2H3,(H,33,34)(H,35,36). The maximum absolute atomic E-state index is 13.3. The van der Waals surface area contributed by atoms with Crippen molar-refractivity contribution >= 4 is 33.5 Å². The summed E-state index contributed by atoms with van der Waals surface area (Å²) in [5.41, 5.74) is -3.31. The van der Waals surface area contributed by atoms with Crippen molar-refractivity contribution in [3.63, 3.8) is 0 Å². The van der Waals surface area contributed by atoms with E-state index >= 15 is 0 Å². The Morgan fingerprint density at radius 2 is 0.889 bits per heavy atom. The van der Waals surface area contributed by atoms with Crippen LogP contribution in [0.5, 0.6) is 0 Å². The molecule has 10 heteroatoms. The molecule has 0 radical (unpaired) electrons. The predicted molar refractivity (Wildman–Crippen MR) is 131 cm³/mol. The number of aromatic nitrogens is 2. The fourth-order valence-electron chi connectivity index (χ4n) is 4.64. The summed E-state index contributed by atoms with van der Waals surface area (Å²) in [7, 11) is 0. The number of carbonyl (C=O) groups is 2. The van der Waals surface area contributed by atoms with E-state index in [1.54, 1.807) is 26.0 Å². The molecule has 0 atom stereocenters. The molecule has 0 unspecified atom stereocenters. The van der Waals surface area contributed by atoms with Crippen LogP contribution >= 0.6 is 0 Å². The largest absolute Gasteiger partial charge is 0.478 e. The number of aryl methyl sites for hydroxylation is 2. The van der Waals surface area contributed by atoms with E-state index in [1.807, 2.05) is 0 Å². The third-order valence-electron chi connectivity index (χ3n) is 6.28. The zero-order valence-electron chi connectivity index (χ0n) is 18.9. The number of rotatable bonds is 4. The molecular formula is C26H16N2O8. The highest BCUT2D eigenvalue weighted by atomic mass is 16.4. The Balaban J connectivity index is 1.89. The lowest BCUT2D eigenvalue weighted by Gasteiger charge is -2.09. The third-order valence-corrected chi connectivity index (χ3v) is 6.28. The van der Waals surface area contributed by atoms with Gasteiger partial charge in [0.05, 0.1) is 44.0 Å². The highest BCUT2D eigenvalue weighted by Gasteiger charge is 2.25. The lowest BCUT2D eigenvalue weighted by atomic mass is 10.1. The Morgan fingerprint density at radius 1 is 0.583 bits per heavy atom. The molecule has 0 aliphatic carbocycles. The van der Waals surface area contributed by atoms with Crippen molar-refractivity contribution in [2.24, 2.45) is 0 Å². The number of fused-ring (bicyclic) bond motifs is 2. The molecule has 2 heterocycles. The third kappa shape index (κ3) is 2.97. The average Bonchev–Trinajstić information content (AvgIpc) is 3.21. The molecule has 10 nitrogen and oxygen atoms in total. The molecule has 2 aromatic heterocycles. The Kier molecular flexibility index (Phi) is 4.85. The van der Waals surface area contributed by atoms with Gasteiger partial charge in [0.25, 0.3) is 22.2 Å². The second kappa shape index (κ2) is 7.70. The minimum Gasteiger partial charge on any atom is -0.478 e. The van der Waals surface area contributed by atoms with Gasteiger partial charge in [-0.1, -0.05) is 24.3 Å². The summed E-state index contributed by atoms with van der Waals surface area (Å²) in [6, 6.07) is 10.9. The fraction of sp³-hybridized carbons (Fsp3) is 0.0769. The first kappa shape index (κ1) is 22.7. The van der Waals surface area contributed by atoms with Gasteiger partial charge in [-0.05, 0) is 49.2 Å². The van der Waals surface area contributed by atoms with Crippen LogP contribution in [-0.4, -0.2) is 31.3 Å². The molecule has 0 bridgehead atoms. The number of aromatic carboxylic acids is 2. The summed E-state index contributed by atoms with van der Waals surface area (Å²) >= 11 is 0. The summed E-state index contributed by atoms with van der Waals surface area (Å²) in [6.45, 7) is 3.11. The summed E-state index contributed by atoms with van der Waals surface area (Å²) in [6.07, 6.45) is 0. The second-order valence-electron chi connectivity index (χ2n) is 8.39. The number of hydrogen-bond donors (Lipinski definition) is 2. The van der Waals surface area contributed by atoms with Crippen LogP contribution in [0, 0.1) is 13.8 Å². The summed E-state index contributed by atoms with van der Waals surface area (Å²) in [5.74, 6) is -2.66. The van der Waals surface area contributed by atoms with Crippen molar-refractivity contribution in [2.45, 2.75) is 13.8 Å². The van der Waals surface area contributed by atoms with Crippen molar-refractivity contribution < 1.29 is 19.8 Å². The number of benzene rings is 3. The van der Waals surface area contributed by atoms with Gasteiger partial charge in [0, 0.05) is 0 Å². The van der Waals surface area contributed by atoms with Crippen LogP contribution in [0.3, 0.4) is 0 Å². The Morgan fingerprint density at radius 3 is 1.17 bits per heavy atom. The molecule has 36 heavy (non-hydrogen) atoms. The van der Waals surface area contributed by atoms with Gasteiger partial charge in [0.1, 0.15) is 0 Å². The van der Waals surface area contributed by atoms with Crippen molar-refractivity contribution in [2.75, 3.05) is 0 Å². The van der Waals surface area contributed by atoms with Gasteiger partial charge in [-0.15, -0.1) is 0 Å². The van der Waals surface area contributed by atoms with Gasteiger partial charge >= 0.3 is 11.9 Å². The van der Waals surface area contributed by atoms with E-state index in [0.29, 0.717) is 11.1 Å². The maximum Gasteiger partial charge on any atom is 0.337 e. The average molecular weight is 484 g/mol. The summed E-state index contributed by atoms with van der Waals surface area (Å²) in [5, 5.41) is 18.5. The van der Waals surface area contributed by atoms with E-state index in [2.05, 4.69) is 0 Å². The van der Waals surface area contributed by atoms with Gasteiger partial charge in [0.15, 0.2) is 0 Å². The molecule has 0 aliphatic rings. The summed E-state index contributed by atoms with van der Waals surface area (Å²) in [4.78, 5) is 76.7. The van der Waals surface area contributed by atoms with Crippen LogP contribution in [-0.2, 0) is 0 Å². The zero-order chi connectivity index (χ0) is 26.0. The number of nitrogens with zero attached hydrogens (tertiary/aromatic N) is 2. The SMILES string of the molecule is Cc1cccc(C(=O)O)c1-n1c(=O)c2cc3c(=O)n(-c4c(C)cccc4C(=O)O)c(=O)c3cc2c1=O. The molecular weight excluding hydrogens is 468 g/mol. The second-order valence-corrected chi connectivity index (χ2v) is 8.39. The molecule has 5 aromatic rings. The van der Waals surface area contributed by atoms with Crippen molar-refractivity contribution in [1.82, 2.24) is 9.13 Å². The van der Waals surface area contributed by atoms with Crippen LogP contribution < -0.4 is 22.2 Å². The number of hydrogen-bond acceptors (Lipinski definition) is 6. The fourth-order valence-corrected chi connectivity index (χ4v) is 4.64. The number of carboxylic acid groups (broad SMARTS) is 2. The van der Waals surface area contributed by atoms with Crippen molar-refractivity contribution in [1.29, 1.82) is 0 Å². The Hall–Kier alpha value is -5.12. The Labute approximate surface area is 200 Å². The molecule has 178 valence electrons. The normalized spacial score (nSPS) is 11.4. The maximum atomic E-state index is 13.3. The lowest BCUT2D eigenvalue weighted by Crippen LogP contribution is -2.27. The first-order chi connectivity index (χ1) is 17.0. The molecule has 0 fully saturated rings. The van der Waals surface area contributed by atoms with E-state index in [9.17, 15) is 39.0 Å². The van der Waals surface area contributed by atoms with E-state index < -0.39 is 34.2 Å². The molecule has 0 amide bonds. The molecule has 5 rings (SSSR count). The minimum absolute atomic E-state index is 0.0957. The topological polar surface area (TPSA) is 153 Å². The summed E-state index contributed by atoms with van der Waals surface area (Å²) < 4.78 is 1.46. The van der Waals surface area contributed by atoms with Gasteiger partial charge in [-0.2, -0.15) is 0 Å². The van der Waals surface area contributed by atoms with Gasteiger partial charge in [-0.25, -0.2) is 18.7 Å². The highest BCUT2D eigenvalue weighted by molar-refractivity contribution is 6.00. The molecule has 0 aliphatic heterocycles. The van der Waals surface area contributed by atoms with Crippen LogP contribution in [0.2, 0.25) is 0 Å². The first-order valence-corrected chi connectivity index (χ1v) is 10.7. The van der Waals surface area contributed by atoms with Crippen molar-refractivity contribution in [3.05, 3.63) is 112 Å². The molecule has 0 saturated carbocycles. The van der Waals surface area contributed by atoms with E-state index in [0.717, 1.165) is 21.3 Å².